The van der Waals surface area contributed by atoms with Crippen molar-refractivity contribution in [2.24, 2.45) is 15.6 Å². The Morgan fingerprint density at radius 3 is 2.75 bits per heavy atom. The largest absolute Gasteiger partial charge is 0.362 e. The number of ketones is 1. The van der Waals surface area contributed by atoms with E-state index in [1.807, 2.05) is 19.3 Å². The summed E-state index contributed by atoms with van der Waals surface area (Å²) in [7, 11) is 0. The Bertz CT molecular complexity index is 1220. The van der Waals surface area contributed by atoms with Crippen molar-refractivity contribution in [1.29, 1.82) is 0 Å². The third kappa shape index (κ3) is 3.06. The zero-order chi connectivity index (χ0) is 22.7. The smallest absolute Gasteiger partial charge is 0.164 e. The Balaban J connectivity index is 1.74. The average molecular weight is 427 g/mol. The summed E-state index contributed by atoms with van der Waals surface area (Å²) in [5.74, 6) is 0.234. The van der Waals surface area contributed by atoms with Gasteiger partial charge in [0.05, 0.1) is 11.6 Å². The number of carbonyl (C=O) groups excluding carboxylic acids is 1. The number of aromatic nitrogens is 1. The fraction of sp³-hybridized carbons (Fsp3) is 0.407. The SMILES string of the molecule is CCC1(c2cccc(-c3cc(C)ncc3C)c2)C2=CN=NC2NC2=C1C(=O)CC(C)(C)C2. The van der Waals surface area contributed by atoms with Gasteiger partial charge >= 0.3 is 0 Å². The number of nitrogens with one attached hydrogen (secondary N) is 1. The number of Topliss-reactive ketones (excluding diaryl/α,β-unsaturated/α-hetero) is 1. The lowest BCUT2D eigenvalue weighted by Crippen LogP contribution is -2.51. The van der Waals surface area contributed by atoms with Crippen LogP contribution in [0.25, 0.3) is 11.1 Å². The van der Waals surface area contributed by atoms with E-state index in [-0.39, 0.29) is 17.4 Å². The van der Waals surface area contributed by atoms with Gasteiger partial charge in [0, 0.05) is 35.2 Å². The summed E-state index contributed by atoms with van der Waals surface area (Å²) in [6, 6.07) is 10.8. The lowest BCUT2D eigenvalue weighted by molar-refractivity contribution is -0.119. The second-order valence-electron chi connectivity index (χ2n) is 10.1. The van der Waals surface area contributed by atoms with Crippen LogP contribution in [0.5, 0.6) is 0 Å². The minimum atomic E-state index is -0.520. The van der Waals surface area contributed by atoms with Gasteiger partial charge < -0.3 is 5.32 Å². The second-order valence-corrected chi connectivity index (χ2v) is 10.1. The van der Waals surface area contributed by atoms with Crippen LogP contribution in [0.3, 0.4) is 0 Å². The lowest BCUT2D eigenvalue weighted by Gasteiger charge is -2.47. The fourth-order valence-electron chi connectivity index (χ4n) is 5.78. The van der Waals surface area contributed by atoms with Crippen molar-refractivity contribution in [2.75, 3.05) is 0 Å². The third-order valence-corrected chi connectivity index (χ3v) is 7.22. The van der Waals surface area contributed by atoms with E-state index in [0.29, 0.717) is 6.42 Å². The average Bonchev–Trinajstić information content (AvgIpc) is 3.22. The predicted molar refractivity (Wildman–Crippen MR) is 126 cm³/mol. The molecule has 32 heavy (non-hydrogen) atoms. The number of benzene rings is 1. The highest BCUT2D eigenvalue weighted by atomic mass is 16.1. The molecule has 2 aliphatic heterocycles. The highest BCUT2D eigenvalue weighted by molar-refractivity contribution is 6.01. The summed E-state index contributed by atoms with van der Waals surface area (Å²) >= 11 is 0. The second kappa shape index (κ2) is 7.22. The first-order chi connectivity index (χ1) is 15.2. The standard InChI is InChI=1S/C27H30N4O/c1-6-27(19-9-7-8-18(11-19)20-10-17(3)28-14-16(20)2)21-15-29-31-25(21)30-22-12-26(4,5)13-23(32)24(22)27/h7-11,14-15,25,30H,6,12-13H2,1-5H3. The van der Waals surface area contributed by atoms with Gasteiger partial charge in [0.1, 0.15) is 0 Å². The van der Waals surface area contributed by atoms with Crippen LogP contribution in [0.4, 0.5) is 0 Å². The summed E-state index contributed by atoms with van der Waals surface area (Å²) in [6.45, 7) is 10.6. The molecule has 2 atom stereocenters. The number of pyridine rings is 1. The summed E-state index contributed by atoms with van der Waals surface area (Å²) in [5.41, 5.74) is 8.04. The predicted octanol–water partition coefficient (Wildman–Crippen LogP) is 5.94. The van der Waals surface area contributed by atoms with Gasteiger partial charge in [-0.15, -0.1) is 0 Å². The van der Waals surface area contributed by atoms with Crippen molar-refractivity contribution in [3.8, 4) is 11.1 Å². The van der Waals surface area contributed by atoms with Crippen molar-refractivity contribution >= 4 is 5.78 Å². The first kappa shape index (κ1) is 20.8. The molecule has 0 saturated heterocycles. The van der Waals surface area contributed by atoms with Gasteiger partial charge in [-0.3, -0.25) is 9.78 Å². The van der Waals surface area contributed by atoms with E-state index in [2.05, 4.69) is 78.6 Å². The van der Waals surface area contributed by atoms with Crippen molar-refractivity contribution in [1.82, 2.24) is 10.3 Å². The van der Waals surface area contributed by atoms with E-state index in [0.717, 1.165) is 52.1 Å². The Hall–Kier alpha value is -3.08. The van der Waals surface area contributed by atoms with Crippen LogP contribution in [0.1, 0.15) is 56.9 Å². The van der Waals surface area contributed by atoms with E-state index >= 15 is 0 Å². The van der Waals surface area contributed by atoms with Crippen LogP contribution in [0.15, 0.2) is 69.8 Å². The van der Waals surface area contributed by atoms with Gasteiger partial charge in [-0.2, -0.15) is 10.2 Å². The van der Waals surface area contributed by atoms with Gasteiger partial charge in [-0.25, -0.2) is 0 Å². The molecule has 164 valence electrons. The van der Waals surface area contributed by atoms with Crippen molar-refractivity contribution in [3.63, 3.8) is 0 Å². The first-order valence-corrected chi connectivity index (χ1v) is 11.4. The van der Waals surface area contributed by atoms with Crippen LogP contribution in [0, 0.1) is 19.3 Å². The summed E-state index contributed by atoms with van der Waals surface area (Å²) in [6.07, 6.45) is 5.78. The van der Waals surface area contributed by atoms with Gasteiger partial charge in [-0.1, -0.05) is 39.0 Å². The lowest BCUT2D eigenvalue weighted by atomic mass is 9.58. The van der Waals surface area contributed by atoms with Gasteiger partial charge in [0.25, 0.3) is 0 Å². The van der Waals surface area contributed by atoms with E-state index in [4.69, 9.17) is 0 Å². The molecule has 1 aliphatic carbocycles. The Kier molecular flexibility index (Phi) is 4.70. The number of aryl methyl sites for hydroxylation is 2. The maximum atomic E-state index is 13.6. The minimum Gasteiger partial charge on any atom is -0.362 e. The normalized spacial score (nSPS) is 25.8. The fourth-order valence-corrected chi connectivity index (χ4v) is 5.78. The minimum absolute atomic E-state index is 0.0626. The van der Waals surface area contributed by atoms with Crippen LogP contribution >= 0.6 is 0 Å². The Morgan fingerprint density at radius 2 is 1.97 bits per heavy atom. The molecule has 1 aromatic heterocycles. The Morgan fingerprint density at radius 1 is 1.16 bits per heavy atom. The monoisotopic (exact) mass is 426 g/mol. The van der Waals surface area contributed by atoms with Crippen molar-refractivity contribution < 1.29 is 4.79 Å². The molecule has 0 fully saturated rings. The number of hydrogen-bond donors (Lipinski definition) is 1. The quantitative estimate of drug-likeness (QED) is 0.661. The molecule has 5 nitrogen and oxygen atoms in total. The zero-order valence-electron chi connectivity index (χ0n) is 19.5. The number of nitrogens with zero attached hydrogens (tertiary/aromatic N) is 3. The van der Waals surface area contributed by atoms with E-state index in [9.17, 15) is 4.79 Å². The van der Waals surface area contributed by atoms with Crippen molar-refractivity contribution in [2.45, 2.75) is 65.5 Å². The molecule has 0 saturated carbocycles. The maximum Gasteiger partial charge on any atom is 0.164 e. The zero-order valence-corrected chi connectivity index (χ0v) is 19.5. The highest BCUT2D eigenvalue weighted by Gasteiger charge is 2.52. The number of azo groups is 1. The Labute approximate surface area is 189 Å². The van der Waals surface area contributed by atoms with Crippen molar-refractivity contribution in [3.05, 3.63) is 76.4 Å². The molecule has 1 aromatic carbocycles. The molecule has 0 bridgehead atoms. The number of hydrogen-bond acceptors (Lipinski definition) is 5. The summed E-state index contributed by atoms with van der Waals surface area (Å²) in [4.78, 5) is 18.1. The van der Waals surface area contributed by atoms with E-state index < -0.39 is 5.41 Å². The molecule has 1 N–H and O–H groups in total. The molecule has 3 heterocycles. The number of fused-ring (bicyclic) bond motifs is 1. The van der Waals surface area contributed by atoms with Crippen LogP contribution < -0.4 is 5.32 Å². The molecule has 2 unspecified atom stereocenters. The van der Waals surface area contributed by atoms with Gasteiger partial charge in [0.15, 0.2) is 11.9 Å². The van der Waals surface area contributed by atoms with Crippen LogP contribution in [-0.2, 0) is 10.2 Å². The molecule has 5 rings (SSSR count). The molecule has 3 aliphatic rings. The molecular weight excluding hydrogens is 396 g/mol. The molecule has 0 amide bonds. The summed E-state index contributed by atoms with van der Waals surface area (Å²) in [5, 5.41) is 12.3. The van der Waals surface area contributed by atoms with Gasteiger partial charge in [0.2, 0.25) is 0 Å². The van der Waals surface area contributed by atoms with Crippen LogP contribution in [-0.4, -0.2) is 16.9 Å². The number of carbonyl (C=O) groups is 1. The van der Waals surface area contributed by atoms with Crippen LogP contribution in [0.2, 0.25) is 0 Å². The molecule has 0 radical (unpaired) electrons. The number of rotatable bonds is 3. The van der Waals surface area contributed by atoms with E-state index in [1.165, 1.54) is 5.56 Å². The van der Waals surface area contributed by atoms with Gasteiger partial charge in [-0.05, 0) is 66.5 Å². The molecule has 0 spiro atoms. The molecular formula is C27H30N4O. The topological polar surface area (TPSA) is 66.7 Å². The number of allylic oxidation sites excluding steroid dienone is 2. The third-order valence-electron chi connectivity index (χ3n) is 7.22. The maximum absolute atomic E-state index is 13.6. The highest BCUT2D eigenvalue weighted by Crippen LogP contribution is 2.54. The van der Waals surface area contributed by atoms with E-state index in [1.54, 1.807) is 0 Å². The summed E-state index contributed by atoms with van der Waals surface area (Å²) < 4.78 is 0. The molecule has 2 aromatic rings. The first-order valence-electron chi connectivity index (χ1n) is 11.4. The molecule has 5 heteroatoms.